The molecule has 2 rings (SSSR count). The quantitative estimate of drug-likeness (QED) is 0.689. The normalized spacial score (nSPS) is 30.5. The van der Waals surface area contributed by atoms with Gasteiger partial charge >= 0.3 is 6.09 Å². The van der Waals surface area contributed by atoms with Crippen LogP contribution in [0.5, 0.6) is 0 Å². The van der Waals surface area contributed by atoms with E-state index in [1.165, 1.54) is 0 Å². The number of nitrogens with one attached hydrogen (secondary N) is 1. The van der Waals surface area contributed by atoms with Gasteiger partial charge in [0, 0.05) is 19.6 Å². The van der Waals surface area contributed by atoms with Gasteiger partial charge in [-0.1, -0.05) is 12.2 Å². The van der Waals surface area contributed by atoms with Crippen LogP contribution in [0.15, 0.2) is 12.2 Å². The van der Waals surface area contributed by atoms with Crippen LogP contribution in [-0.4, -0.2) is 55.0 Å². The van der Waals surface area contributed by atoms with Gasteiger partial charge in [0.25, 0.3) is 0 Å². The first kappa shape index (κ1) is 11.4. The highest BCUT2D eigenvalue weighted by Gasteiger charge is 2.22. The Kier molecular flexibility index (Phi) is 3.79. The number of ether oxygens (including phenoxy) is 1. The van der Waals surface area contributed by atoms with E-state index in [9.17, 15) is 4.79 Å². The van der Waals surface area contributed by atoms with E-state index in [0.29, 0.717) is 5.92 Å². The van der Waals surface area contributed by atoms with E-state index in [2.05, 4.69) is 16.3 Å². The minimum Gasteiger partial charge on any atom is -0.465 e. The largest absolute Gasteiger partial charge is 0.465 e. The number of hydrogen-bond acceptors (Lipinski definition) is 3. The van der Waals surface area contributed by atoms with Gasteiger partial charge in [0.05, 0.1) is 19.3 Å². The summed E-state index contributed by atoms with van der Waals surface area (Å²) in [6, 6.07) is -0.0106. The lowest BCUT2D eigenvalue weighted by Crippen LogP contribution is -2.39. The zero-order chi connectivity index (χ0) is 11.4. The molecule has 0 bridgehead atoms. The van der Waals surface area contributed by atoms with Crippen LogP contribution in [0.1, 0.15) is 6.42 Å². The van der Waals surface area contributed by atoms with Gasteiger partial charge < -0.3 is 15.2 Å². The fourth-order valence-corrected chi connectivity index (χ4v) is 2.29. The van der Waals surface area contributed by atoms with Gasteiger partial charge in [-0.3, -0.25) is 4.90 Å². The van der Waals surface area contributed by atoms with E-state index in [1.54, 1.807) is 0 Å². The Morgan fingerprint density at radius 3 is 2.88 bits per heavy atom. The first-order valence-corrected chi connectivity index (χ1v) is 5.72. The fraction of sp³-hybridized carbons (Fsp3) is 0.727. The average molecular weight is 226 g/mol. The summed E-state index contributed by atoms with van der Waals surface area (Å²) in [5.74, 6) is 0.468. The Morgan fingerprint density at radius 1 is 1.44 bits per heavy atom. The SMILES string of the molecule is O=C(O)N[C@@H]1C=C[C@H](CN2CCOCC2)C1. The Balaban J connectivity index is 1.72. The molecule has 0 radical (unpaired) electrons. The maximum atomic E-state index is 10.5. The van der Waals surface area contributed by atoms with E-state index in [1.807, 2.05) is 6.08 Å². The summed E-state index contributed by atoms with van der Waals surface area (Å²) in [4.78, 5) is 12.9. The minimum absolute atomic E-state index is 0.0106. The molecule has 16 heavy (non-hydrogen) atoms. The van der Waals surface area contributed by atoms with E-state index in [0.717, 1.165) is 39.3 Å². The van der Waals surface area contributed by atoms with Crippen molar-refractivity contribution in [2.75, 3.05) is 32.8 Å². The maximum Gasteiger partial charge on any atom is 0.405 e. The van der Waals surface area contributed by atoms with Crippen molar-refractivity contribution in [2.24, 2.45) is 5.92 Å². The molecular weight excluding hydrogens is 208 g/mol. The first-order chi connectivity index (χ1) is 7.74. The lowest BCUT2D eigenvalue weighted by molar-refractivity contribution is 0.0332. The lowest BCUT2D eigenvalue weighted by atomic mass is 10.1. The standard InChI is InChI=1S/C11H18N2O3/c14-11(15)12-10-2-1-9(7-10)8-13-3-5-16-6-4-13/h1-2,9-10,12H,3-8H2,(H,14,15)/t9-,10+/m0/s1. The van der Waals surface area contributed by atoms with Gasteiger partial charge in [0.1, 0.15) is 0 Å². The Labute approximate surface area is 95.1 Å². The van der Waals surface area contributed by atoms with Crippen LogP contribution in [0.2, 0.25) is 0 Å². The van der Waals surface area contributed by atoms with Crippen molar-refractivity contribution in [3.05, 3.63) is 12.2 Å². The molecule has 0 spiro atoms. The van der Waals surface area contributed by atoms with Crippen LogP contribution < -0.4 is 5.32 Å². The van der Waals surface area contributed by atoms with Crippen molar-refractivity contribution in [1.82, 2.24) is 10.2 Å². The predicted molar refractivity (Wildman–Crippen MR) is 59.5 cm³/mol. The van der Waals surface area contributed by atoms with Crippen LogP contribution in [0.3, 0.4) is 0 Å². The first-order valence-electron chi connectivity index (χ1n) is 5.72. The Morgan fingerprint density at radius 2 is 2.19 bits per heavy atom. The molecule has 90 valence electrons. The van der Waals surface area contributed by atoms with Crippen molar-refractivity contribution in [1.29, 1.82) is 0 Å². The number of nitrogens with zero attached hydrogens (tertiary/aromatic N) is 1. The molecular formula is C11H18N2O3. The topological polar surface area (TPSA) is 61.8 Å². The van der Waals surface area contributed by atoms with Crippen molar-refractivity contribution in [3.8, 4) is 0 Å². The Bertz CT molecular complexity index is 274. The second kappa shape index (κ2) is 5.32. The van der Waals surface area contributed by atoms with Gasteiger partial charge in [-0.15, -0.1) is 0 Å². The molecule has 0 aromatic heterocycles. The van der Waals surface area contributed by atoms with Crippen molar-refractivity contribution in [2.45, 2.75) is 12.5 Å². The fourth-order valence-electron chi connectivity index (χ4n) is 2.29. The highest BCUT2D eigenvalue weighted by atomic mass is 16.5. The van der Waals surface area contributed by atoms with Gasteiger partial charge in [-0.25, -0.2) is 4.79 Å². The number of carbonyl (C=O) groups is 1. The number of hydrogen-bond donors (Lipinski definition) is 2. The highest BCUT2D eigenvalue weighted by molar-refractivity contribution is 5.65. The smallest absolute Gasteiger partial charge is 0.405 e. The molecule has 0 unspecified atom stereocenters. The molecule has 1 aliphatic carbocycles. The van der Waals surface area contributed by atoms with Gasteiger partial charge in [0.15, 0.2) is 0 Å². The van der Waals surface area contributed by atoms with Crippen LogP contribution >= 0.6 is 0 Å². The van der Waals surface area contributed by atoms with Crippen molar-refractivity contribution >= 4 is 6.09 Å². The van der Waals surface area contributed by atoms with Gasteiger partial charge in [0.2, 0.25) is 0 Å². The maximum absolute atomic E-state index is 10.5. The van der Waals surface area contributed by atoms with Crippen molar-refractivity contribution < 1.29 is 14.6 Å². The third-order valence-corrected chi connectivity index (χ3v) is 3.08. The monoisotopic (exact) mass is 226 g/mol. The summed E-state index contributed by atoms with van der Waals surface area (Å²) >= 11 is 0. The summed E-state index contributed by atoms with van der Waals surface area (Å²) < 4.78 is 5.29. The number of carboxylic acid groups (broad SMARTS) is 1. The second-order valence-corrected chi connectivity index (χ2v) is 4.35. The highest BCUT2D eigenvalue weighted by Crippen LogP contribution is 2.19. The zero-order valence-electron chi connectivity index (χ0n) is 9.26. The lowest BCUT2D eigenvalue weighted by Gasteiger charge is -2.28. The third kappa shape index (κ3) is 3.21. The van der Waals surface area contributed by atoms with E-state index in [-0.39, 0.29) is 6.04 Å². The summed E-state index contributed by atoms with van der Waals surface area (Å²) in [5.41, 5.74) is 0. The van der Waals surface area contributed by atoms with Gasteiger partial charge in [-0.05, 0) is 12.3 Å². The van der Waals surface area contributed by atoms with Gasteiger partial charge in [-0.2, -0.15) is 0 Å². The molecule has 1 aliphatic heterocycles. The Hall–Kier alpha value is -1.07. The zero-order valence-corrected chi connectivity index (χ0v) is 9.26. The molecule has 5 nitrogen and oxygen atoms in total. The third-order valence-electron chi connectivity index (χ3n) is 3.08. The molecule has 1 heterocycles. The second-order valence-electron chi connectivity index (χ2n) is 4.35. The molecule has 1 saturated heterocycles. The van der Waals surface area contributed by atoms with Crippen molar-refractivity contribution in [3.63, 3.8) is 0 Å². The molecule has 2 N–H and O–H groups in total. The van der Waals surface area contributed by atoms with E-state index < -0.39 is 6.09 Å². The minimum atomic E-state index is -0.943. The number of rotatable bonds is 3. The van der Waals surface area contributed by atoms with Crippen LogP contribution in [0, 0.1) is 5.92 Å². The molecule has 2 atom stereocenters. The molecule has 1 fully saturated rings. The van der Waals surface area contributed by atoms with Crippen LogP contribution in [0.4, 0.5) is 4.79 Å². The van der Waals surface area contributed by atoms with E-state index in [4.69, 9.17) is 9.84 Å². The molecule has 1 amide bonds. The summed E-state index contributed by atoms with van der Waals surface area (Å²) in [7, 11) is 0. The van der Waals surface area contributed by atoms with E-state index >= 15 is 0 Å². The molecule has 0 aromatic rings. The summed E-state index contributed by atoms with van der Waals surface area (Å²) in [6.07, 6.45) is 4.01. The summed E-state index contributed by atoms with van der Waals surface area (Å²) in [5, 5.41) is 11.1. The number of morpholine rings is 1. The molecule has 2 aliphatic rings. The predicted octanol–water partition coefficient (Wildman–Crippen LogP) is 0.531. The molecule has 5 heteroatoms. The average Bonchev–Trinajstić information content (AvgIpc) is 2.66. The molecule has 0 aromatic carbocycles. The van der Waals surface area contributed by atoms with Crippen LogP contribution in [-0.2, 0) is 4.74 Å². The number of amides is 1. The van der Waals surface area contributed by atoms with Crippen LogP contribution in [0.25, 0.3) is 0 Å². The summed E-state index contributed by atoms with van der Waals surface area (Å²) in [6.45, 7) is 4.61. The molecule has 0 saturated carbocycles.